The van der Waals surface area contributed by atoms with Gasteiger partial charge in [-0.3, -0.25) is 0 Å². The molecule has 1 aromatic carbocycles. The maximum Gasteiger partial charge on any atom is 0.130 e. The molecule has 0 radical (unpaired) electrons. The number of nitrogens with one attached hydrogen (secondary N) is 1. The van der Waals surface area contributed by atoms with E-state index in [1.54, 1.807) is 0 Å². The molecule has 1 aliphatic carbocycles. The molecule has 0 bridgehead atoms. The molecule has 1 heterocycles. The van der Waals surface area contributed by atoms with Crippen LogP contribution < -0.4 is 5.32 Å². The summed E-state index contributed by atoms with van der Waals surface area (Å²) in [4.78, 5) is 0. The van der Waals surface area contributed by atoms with E-state index in [4.69, 9.17) is 0 Å². The Morgan fingerprint density at radius 2 is 2.20 bits per heavy atom. The minimum absolute atomic E-state index is 0.0960. The summed E-state index contributed by atoms with van der Waals surface area (Å²) in [5.74, 6) is 0.495. The molecule has 0 spiro atoms. The van der Waals surface area contributed by atoms with Gasteiger partial charge in [-0.25, -0.2) is 4.39 Å². The second-order valence-corrected chi connectivity index (χ2v) is 4.65. The SMILES string of the molecule is Fc1c(C2CCNC2)ccc2c1CCC2. The van der Waals surface area contributed by atoms with Crippen LogP contribution >= 0.6 is 0 Å². The fraction of sp³-hybridized carbons (Fsp3) is 0.538. The van der Waals surface area contributed by atoms with Crippen LogP contribution in [-0.4, -0.2) is 13.1 Å². The smallest absolute Gasteiger partial charge is 0.130 e. The van der Waals surface area contributed by atoms with Gasteiger partial charge in [0.05, 0.1) is 0 Å². The highest BCUT2D eigenvalue weighted by Gasteiger charge is 2.24. The Morgan fingerprint density at radius 1 is 1.27 bits per heavy atom. The summed E-state index contributed by atoms with van der Waals surface area (Å²) in [7, 11) is 0. The van der Waals surface area contributed by atoms with Crippen molar-refractivity contribution in [3.63, 3.8) is 0 Å². The summed E-state index contributed by atoms with van der Waals surface area (Å²) in [6.07, 6.45) is 4.21. The van der Waals surface area contributed by atoms with Crippen LogP contribution in [0.1, 0.15) is 35.4 Å². The van der Waals surface area contributed by atoms with Gasteiger partial charge in [-0.05, 0) is 48.9 Å². The molecule has 0 saturated carbocycles. The number of aryl methyl sites for hydroxylation is 1. The molecule has 1 N–H and O–H groups in total. The number of fused-ring (bicyclic) bond motifs is 1. The summed E-state index contributed by atoms with van der Waals surface area (Å²) >= 11 is 0. The summed E-state index contributed by atoms with van der Waals surface area (Å²) in [5.41, 5.74) is 3.18. The van der Waals surface area contributed by atoms with Crippen molar-refractivity contribution < 1.29 is 4.39 Å². The minimum atomic E-state index is 0.0960. The van der Waals surface area contributed by atoms with Crippen LogP contribution in [-0.2, 0) is 12.8 Å². The van der Waals surface area contributed by atoms with E-state index in [9.17, 15) is 4.39 Å². The Labute approximate surface area is 89.7 Å². The van der Waals surface area contributed by atoms with Gasteiger partial charge in [0, 0.05) is 12.5 Å². The first-order valence-electron chi connectivity index (χ1n) is 5.87. The minimum Gasteiger partial charge on any atom is -0.316 e. The zero-order valence-electron chi connectivity index (χ0n) is 8.85. The third kappa shape index (κ3) is 1.48. The van der Waals surface area contributed by atoms with Gasteiger partial charge in [-0.2, -0.15) is 0 Å². The van der Waals surface area contributed by atoms with Gasteiger partial charge in [0.25, 0.3) is 0 Å². The molecule has 1 saturated heterocycles. The van der Waals surface area contributed by atoms with Crippen LogP contribution in [0.3, 0.4) is 0 Å². The van der Waals surface area contributed by atoms with Crippen molar-refractivity contribution in [2.24, 2.45) is 0 Å². The third-order valence-electron chi connectivity index (χ3n) is 3.74. The van der Waals surface area contributed by atoms with E-state index in [1.807, 2.05) is 6.07 Å². The molecule has 15 heavy (non-hydrogen) atoms. The lowest BCUT2D eigenvalue weighted by Gasteiger charge is -2.12. The first-order valence-corrected chi connectivity index (χ1v) is 5.87. The Balaban J connectivity index is 2.01. The van der Waals surface area contributed by atoms with E-state index in [0.29, 0.717) is 5.92 Å². The predicted octanol–water partition coefficient (Wildman–Crippen LogP) is 2.39. The first kappa shape index (κ1) is 9.34. The van der Waals surface area contributed by atoms with E-state index in [0.717, 1.165) is 49.9 Å². The highest BCUT2D eigenvalue weighted by atomic mass is 19.1. The summed E-state index contributed by atoms with van der Waals surface area (Å²) < 4.78 is 14.2. The van der Waals surface area contributed by atoms with Gasteiger partial charge >= 0.3 is 0 Å². The predicted molar refractivity (Wildman–Crippen MR) is 58.7 cm³/mol. The summed E-state index contributed by atoms with van der Waals surface area (Å²) in [5, 5.41) is 3.30. The molecule has 1 unspecified atom stereocenters. The van der Waals surface area contributed by atoms with E-state index in [1.165, 1.54) is 5.56 Å². The van der Waals surface area contributed by atoms with Gasteiger partial charge in [-0.15, -0.1) is 0 Å². The lowest BCUT2D eigenvalue weighted by molar-refractivity contribution is 0.576. The second kappa shape index (κ2) is 3.60. The van der Waals surface area contributed by atoms with Crippen LogP contribution in [0, 0.1) is 5.82 Å². The van der Waals surface area contributed by atoms with Crippen LogP contribution in [0.15, 0.2) is 12.1 Å². The van der Waals surface area contributed by atoms with E-state index in [2.05, 4.69) is 11.4 Å². The summed E-state index contributed by atoms with van der Waals surface area (Å²) in [6, 6.07) is 4.15. The zero-order chi connectivity index (χ0) is 10.3. The maximum absolute atomic E-state index is 14.2. The largest absolute Gasteiger partial charge is 0.316 e. The maximum atomic E-state index is 14.2. The molecule has 3 rings (SSSR count). The molecule has 0 aromatic heterocycles. The van der Waals surface area contributed by atoms with Crippen molar-refractivity contribution in [3.05, 3.63) is 34.6 Å². The van der Waals surface area contributed by atoms with E-state index < -0.39 is 0 Å². The molecule has 1 fully saturated rings. The molecule has 2 heteroatoms. The Kier molecular flexibility index (Phi) is 2.24. The normalized spacial score (nSPS) is 24.5. The number of hydrogen-bond donors (Lipinski definition) is 1. The first-order chi connectivity index (χ1) is 7.36. The molecule has 80 valence electrons. The quantitative estimate of drug-likeness (QED) is 0.742. The highest BCUT2D eigenvalue weighted by Crippen LogP contribution is 2.32. The molecule has 1 atom stereocenters. The topological polar surface area (TPSA) is 12.0 Å². The Bertz CT molecular complexity index is 380. The average molecular weight is 205 g/mol. The van der Waals surface area contributed by atoms with Gasteiger partial charge in [0.2, 0.25) is 0 Å². The number of rotatable bonds is 1. The lowest BCUT2D eigenvalue weighted by Crippen LogP contribution is -2.09. The van der Waals surface area contributed by atoms with Crippen molar-refractivity contribution in [2.75, 3.05) is 13.1 Å². The monoisotopic (exact) mass is 205 g/mol. The fourth-order valence-corrected chi connectivity index (χ4v) is 2.87. The van der Waals surface area contributed by atoms with Crippen molar-refractivity contribution >= 4 is 0 Å². The standard InChI is InChI=1S/C13H16FN/c14-13-11-3-1-2-9(11)4-5-12(13)10-6-7-15-8-10/h4-5,10,15H,1-3,6-8H2. The molecule has 1 nitrogen and oxygen atoms in total. The zero-order valence-corrected chi connectivity index (χ0v) is 8.85. The fourth-order valence-electron chi connectivity index (χ4n) is 2.87. The van der Waals surface area contributed by atoms with E-state index >= 15 is 0 Å². The Hall–Kier alpha value is -0.890. The van der Waals surface area contributed by atoms with Crippen molar-refractivity contribution in [2.45, 2.75) is 31.6 Å². The van der Waals surface area contributed by atoms with Crippen LogP contribution in [0.4, 0.5) is 4.39 Å². The molecular weight excluding hydrogens is 189 g/mol. The van der Waals surface area contributed by atoms with Crippen molar-refractivity contribution in [1.29, 1.82) is 0 Å². The van der Waals surface area contributed by atoms with Crippen molar-refractivity contribution in [3.8, 4) is 0 Å². The number of halogens is 1. The van der Waals surface area contributed by atoms with Crippen LogP contribution in [0.2, 0.25) is 0 Å². The van der Waals surface area contributed by atoms with E-state index in [-0.39, 0.29) is 5.82 Å². The average Bonchev–Trinajstić information content (AvgIpc) is 2.87. The number of benzene rings is 1. The number of hydrogen-bond acceptors (Lipinski definition) is 1. The van der Waals surface area contributed by atoms with Crippen LogP contribution in [0.5, 0.6) is 0 Å². The van der Waals surface area contributed by atoms with Gasteiger partial charge in [0.15, 0.2) is 0 Å². The van der Waals surface area contributed by atoms with Gasteiger partial charge < -0.3 is 5.32 Å². The lowest BCUT2D eigenvalue weighted by atomic mass is 9.94. The molecular formula is C13H16FN. The molecule has 1 aromatic rings. The van der Waals surface area contributed by atoms with Gasteiger partial charge in [-0.1, -0.05) is 12.1 Å². The van der Waals surface area contributed by atoms with Crippen LogP contribution in [0.25, 0.3) is 0 Å². The second-order valence-electron chi connectivity index (χ2n) is 4.65. The molecule has 2 aliphatic rings. The van der Waals surface area contributed by atoms with Crippen molar-refractivity contribution in [1.82, 2.24) is 5.32 Å². The Morgan fingerprint density at radius 3 is 3.00 bits per heavy atom. The molecule has 0 amide bonds. The summed E-state index contributed by atoms with van der Waals surface area (Å²) in [6.45, 7) is 1.97. The third-order valence-corrected chi connectivity index (χ3v) is 3.74. The highest BCUT2D eigenvalue weighted by molar-refractivity contribution is 5.38. The van der Waals surface area contributed by atoms with Gasteiger partial charge in [0.1, 0.15) is 5.82 Å². The molecule has 1 aliphatic heterocycles.